The molecule has 0 aromatic carbocycles. The van der Waals surface area contributed by atoms with Gasteiger partial charge in [-0.2, -0.15) is 5.06 Å². The number of thiol groups is 1. The fraction of sp³-hybridized carbons (Fsp3) is 0.833. The molecular formula is C6H10N2O2S. The number of piperidine rings is 1. The second kappa shape index (κ2) is 2.57. The van der Waals surface area contributed by atoms with E-state index >= 15 is 0 Å². The minimum absolute atomic E-state index is 0.0394. The lowest BCUT2D eigenvalue weighted by Gasteiger charge is -2.19. The van der Waals surface area contributed by atoms with Crippen LogP contribution >= 0.6 is 12.9 Å². The highest BCUT2D eigenvalue weighted by Crippen LogP contribution is 2.25. The number of urea groups is 1. The first-order valence-corrected chi connectivity index (χ1v) is 4.09. The van der Waals surface area contributed by atoms with Crippen LogP contribution in [0, 0.1) is 0 Å². The van der Waals surface area contributed by atoms with Crippen molar-refractivity contribution in [1.82, 2.24) is 9.96 Å². The minimum Gasteiger partial charge on any atom is -0.321 e. The van der Waals surface area contributed by atoms with Crippen LogP contribution in [0.2, 0.25) is 0 Å². The molecule has 2 fully saturated rings. The number of hydrogen-bond donors (Lipinski definition) is 1. The summed E-state index contributed by atoms with van der Waals surface area (Å²) in [5.41, 5.74) is 0. The zero-order valence-electron chi connectivity index (χ0n) is 6.06. The molecule has 0 spiro atoms. The van der Waals surface area contributed by atoms with Gasteiger partial charge in [0.1, 0.15) is 0 Å². The van der Waals surface area contributed by atoms with E-state index in [4.69, 9.17) is 0 Å². The topological polar surface area (TPSA) is 32.8 Å². The summed E-state index contributed by atoms with van der Waals surface area (Å²) in [4.78, 5) is 13.1. The number of carbonyl (C=O) groups excluding carboxylic acids is 1. The molecule has 0 aromatic rings. The molecule has 1 atom stereocenters. The van der Waals surface area contributed by atoms with Gasteiger partial charge in [-0.1, -0.05) is 0 Å². The predicted octanol–water partition coefficient (Wildman–Crippen LogP) is 0.663. The number of nitrogens with zero attached hydrogens (tertiary/aromatic N) is 2. The molecule has 62 valence electrons. The van der Waals surface area contributed by atoms with Crippen LogP contribution < -0.4 is 0 Å². The van der Waals surface area contributed by atoms with Crippen molar-refractivity contribution in [2.45, 2.75) is 18.9 Å². The monoisotopic (exact) mass is 174 g/mol. The first-order valence-electron chi connectivity index (χ1n) is 3.72. The second-order valence-electron chi connectivity index (χ2n) is 2.93. The molecule has 2 aliphatic heterocycles. The van der Waals surface area contributed by atoms with E-state index in [1.165, 1.54) is 5.06 Å². The normalized spacial score (nSPS) is 29.9. The summed E-state index contributed by atoms with van der Waals surface area (Å²) in [5.74, 6) is 0. The van der Waals surface area contributed by atoms with Crippen molar-refractivity contribution in [2.75, 3.05) is 13.1 Å². The standard InChI is InChI=1S/C6H10N2O2S/c9-6-7-3-1-2-5(4-7)8(6)10-11/h5,11H,1-4H2. The average Bonchev–Trinajstić information content (AvgIpc) is 2.25. The fourth-order valence-electron chi connectivity index (χ4n) is 1.72. The molecule has 4 nitrogen and oxygen atoms in total. The number of amides is 2. The van der Waals surface area contributed by atoms with Crippen LogP contribution in [0.15, 0.2) is 0 Å². The van der Waals surface area contributed by atoms with Crippen LogP contribution in [0.4, 0.5) is 4.79 Å². The summed E-state index contributed by atoms with van der Waals surface area (Å²) < 4.78 is 4.67. The Labute approximate surface area is 70.7 Å². The molecule has 2 heterocycles. The van der Waals surface area contributed by atoms with Crippen molar-refractivity contribution in [2.24, 2.45) is 0 Å². The molecule has 2 amide bonds. The maximum absolute atomic E-state index is 11.3. The number of carbonyl (C=O) groups is 1. The van der Waals surface area contributed by atoms with Gasteiger partial charge >= 0.3 is 6.03 Å². The smallest absolute Gasteiger partial charge is 0.321 e. The van der Waals surface area contributed by atoms with E-state index in [-0.39, 0.29) is 12.1 Å². The van der Waals surface area contributed by atoms with E-state index in [9.17, 15) is 4.79 Å². The minimum atomic E-state index is -0.0394. The van der Waals surface area contributed by atoms with Crippen molar-refractivity contribution in [3.8, 4) is 0 Å². The predicted molar refractivity (Wildman–Crippen MR) is 41.9 cm³/mol. The Balaban J connectivity index is 2.17. The van der Waals surface area contributed by atoms with Crippen LogP contribution in [-0.2, 0) is 4.28 Å². The lowest BCUT2D eigenvalue weighted by Crippen LogP contribution is -2.30. The van der Waals surface area contributed by atoms with E-state index in [1.807, 2.05) is 0 Å². The van der Waals surface area contributed by atoms with Crippen molar-refractivity contribution in [3.63, 3.8) is 0 Å². The fourth-order valence-corrected chi connectivity index (χ4v) is 1.92. The Hall–Kier alpha value is -0.420. The lowest BCUT2D eigenvalue weighted by atomic mass is 10.1. The van der Waals surface area contributed by atoms with E-state index in [0.29, 0.717) is 0 Å². The molecule has 0 aliphatic carbocycles. The van der Waals surface area contributed by atoms with Crippen molar-refractivity contribution in [3.05, 3.63) is 0 Å². The number of hydroxylamine groups is 2. The third-order valence-corrected chi connectivity index (χ3v) is 2.45. The van der Waals surface area contributed by atoms with E-state index in [0.717, 1.165) is 25.9 Å². The summed E-state index contributed by atoms with van der Waals surface area (Å²) in [7, 11) is 0. The van der Waals surface area contributed by atoms with E-state index in [2.05, 4.69) is 17.2 Å². The second-order valence-corrected chi connectivity index (χ2v) is 3.10. The summed E-state index contributed by atoms with van der Waals surface area (Å²) in [6.07, 6.45) is 2.10. The number of rotatable bonds is 1. The van der Waals surface area contributed by atoms with E-state index in [1.54, 1.807) is 4.90 Å². The highest BCUT2D eigenvalue weighted by Gasteiger charge is 2.40. The zero-order valence-corrected chi connectivity index (χ0v) is 6.96. The number of fused-ring (bicyclic) bond motifs is 2. The molecule has 2 bridgehead atoms. The number of hydrogen-bond acceptors (Lipinski definition) is 3. The molecule has 11 heavy (non-hydrogen) atoms. The molecule has 2 rings (SSSR count). The van der Waals surface area contributed by atoms with Gasteiger partial charge in [-0.05, 0) is 12.8 Å². The van der Waals surface area contributed by atoms with Gasteiger partial charge < -0.3 is 4.90 Å². The van der Waals surface area contributed by atoms with Crippen LogP contribution in [-0.4, -0.2) is 35.1 Å². The van der Waals surface area contributed by atoms with E-state index < -0.39 is 0 Å². The van der Waals surface area contributed by atoms with Crippen molar-refractivity contribution >= 4 is 18.9 Å². The summed E-state index contributed by atoms with van der Waals surface area (Å²) in [5, 5.41) is 1.36. The molecule has 0 saturated carbocycles. The molecule has 0 aromatic heterocycles. The third-order valence-electron chi connectivity index (χ3n) is 2.28. The summed E-state index contributed by atoms with van der Waals surface area (Å²) in [6, 6.07) is 0.191. The zero-order chi connectivity index (χ0) is 7.84. The van der Waals surface area contributed by atoms with Crippen molar-refractivity contribution in [1.29, 1.82) is 0 Å². The van der Waals surface area contributed by atoms with Crippen LogP contribution in [0.3, 0.4) is 0 Å². The molecule has 2 aliphatic rings. The first-order chi connectivity index (χ1) is 5.33. The maximum atomic E-state index is 11.3. The van der Waals surface area contributed by atoms with Gasteiger partial charge in [0.2, 0.25) is 0 Å². The van der Waals surface area contributed by atoms with Gasteiger partial charge in [0.25, 0.3) is 0 Å². The average molecular weight is 174 g/mol. The van der Waals surface area contributed by atoms with Gasteiger partial charge in [0, 0.05) is 26.0 Å². The molecule has 1 unspecified atom stereocenters. The Morgan fingerprint density at radius 3 is 3.09 bits per heavy atom. The molecular weight excluding hydrogens is 164 g/mol. The summed E-state index contributed by atoms with van der Waals surface area (Å²) >= 11 is 3.64. The first kappa shape index (κ1) is 7.24. The van der Waals surface area contributed by atoms with Gasteiger partial charge in [-0.3, -0.25) is 0 Å². The van der Waals surface area contributed by atoms with Crippen LogP contribution in [0.5, 0.6) is 0 Å². The summed E-state index contributed by atoms with van der Waals surface area (Å²) in [6.45, 7) is 1.67. The Kier molecular flexibility index (Phi) is 1.69. The lowest BCUT2D eigenvalue weighted by molar-refractivity contribution is -0.00391. The van der Waals surface area contributed by atoms with Gasteiger partial charge in [-0.25, -0.2) is 9.08 Å². The Morgan fingerprint density at radius 1 is 1.64 bits per heavy atom. The maximum Gasteiger partial charge on any atom is 0.345 e. The largest absolute Gasteiger partial charge is 0.345 e. The molecule has 0 N–H and O–H groups in total. The third kappa shape index (κ3) is 0.990. The van der Waals surface area contributed by atoms with Gasteiger partial charge in [0.15, 0.2) is 0 Å². The van der Waals surface area contributed by atoms with Gasteiger partial charge in [0.05, 0.1) is 6.04 Å². The van der Waals surface area contributed by atoms with Crippen LogP contribution in [0.1, 0.15) is 12.8 Å². The van der Waals surface area contributed by atoms with Crippen molar-refractivity contribution < 1.29 is 9.08 Å². The highest BCUT2D eigenvalue weighted by molar-refractivity contribution is 7.75. The molecule has 5 heteroatoms. The Morgan fingerprint density at radius 2 is 2.45 bits per heavy atom. The molecule has 2 saturated heterocycles. The SMILES string of the molecule is O=C1N2CCCC(C2)N1OS. The van der Waals surface area contributed by atoms with Gasteiger partial charge in [-0.15, -0.1) is 0 Å². The van der Waals surface area contributed by atoms with Crippen LogP contribution in [0.25, 0.3) is 0 Å². The molecule has 0 radical (unpaired) electrons. The Bertz CT molecular complexity index is 187. The highest BCUT2D eigenvalue weighted by atomic mass is 32.1. The quantitative estimate of drug-likeness (QED) is 0.468.